The van der Waals surface area contributed by atoms with Gasteiger partial charge in [-0.2, -0.15) is 0 Å². The Balaban J connectivity index is 1.53. The van der Waals surface area contributed by atoms with Gasteiger partial charge in [0.1, 0.15) is 16.7 Å². The van der Waals surface area contributed by atoms with Crippen molar-refractivity contribution < 1.29 is 9.59 Å². The highest BCUT2D eigenvalue weighted by Gasteiger charge is 2.23. The zero-order valence-electron chi connectivity index (χ0n) is 16.0. The summed E-state index contributed by atoms with van der Waals surface area (Å²) >= 11 is 8.93. The van der Waals surface area contributed by atoms with Crippen molar-refractivity contribution in [1.82, 2.24) is 15.6 Å². The second-order valence-electron chi connectivity index (χ2n) is 6.65. The van der Waals surface area contributed by atoms with Gasteiger partial charge in [-0.05, 0) is 34.5 Å². The number of rotatable bonds is 6. The van der Waals surface area contributed by atoms with Crippen LogP contribution in [0.4, 0.5) is 0 Å². The first-order valence-corrected chi connectivity index (χ1v) is 11.4. The number of carbonyl (C=O) groups excluding carboxylic acids is 2. The van der Waals surface area contributed by atoms with Gasteiger partial charge >= 0.3 is 0 Å². The SMILES string of the molecule is CNC(=O)C(Cc1csc2ccccc12)NC(=O)c1csc(-c2ccc(Cl)cc2)n1. The summed E-state index contributed by atoms with van der Waals surface area (Å²) in [6, 6.07) is 14.6. The van der Waals surface area contributed by atoms with Gasteiger partial charge in [-0.25, -0.2) is 4.98 Å². The third-order valence-corrected chi connectivity index (χ3v) is 6.84. The molecule has 2 amide bonds. The molecule has 152 valence electrons. The third kappa shape index (κ3) is 4.38. The van der Waals surface area contributed by atoms with Crippen molar-refractivity contribution >= 4 is 56.2 Å². The lowest BCUT2D eigenvalue weighted by Gasteiger charge is -2.16. The molecule has 2 heterocycles. The Morgan fingerprint density at radius 1 is 1.07 bits per heavy atom. The number of carbonyl (C=O) groups is 2. The van der Waals surface area contributed by atoms with Gasteiger partial charge in [0.05, 0.1) is 0 Å². The molecule has 0 bridgehead atoms. The number of hydrogen-bond acceptors (Lipinski definition) is 5. The van der Waals surface area contributed by atoms with E-state index in [0.717, 1.165) is 26.2 Å². The molecular weight excluding hydrogens is 438 g/mol. The smallest absolute Gasteiger partial charge is 0.271 e. The van der Waals surface area contributed by atoms with E-state index in [1.807, 2.05) is 41.8 Å². The topological polar surface area (TPSA) is 71.1 Å². The molecule has 0 aliphatic rings. The highest BCUT2D eigenvalue weighted by Crippen LogP contribution is 2.27. The van der Waals surface area contributed by atoms with Gasteiger partial charge in [0.2, 0.25) is 5.91 Å². The molecule has 8 heteroatoms. The molecule has 4 aromatic rings. The lowest BCUT2D eigenvalue weighted by Crippen LogP contribution is -2.47. The van der Waals surface area contributed by atoms with Crippen LogP contribution in [0.5, 0.6) is 0 Å². The summed E-state index contributed by atoms with van der Waals surface area (Å²) in [7, 11) is 1.56. The van der Waals surface area contributed by atoms with E-state index in [4.69, 9.17) is 11.6 Å². The molecular formula is C22H18ClN3O2S2. The fraction of sp³-hybridized carbons (Fsp3) is 0.136. The Hall–Kier alpha value is -2.74. The second kappa shape index (κ2) is 8.95. The number of hydrogen-bond donors (Lipinski definition) is 2. The van der Waals surface area contributed by atoms with E-state index >= 15 is 0 Å². The van der Waals surface area contributed by atoms with Gasteiger partial charge in [0.15, 0.2) is 0 Å². The van der Waals surface area contributed by atoms with Gasteiger partial charge in [-0.15, -0.1) is 22.7 Å². The molecule has 0 radical (unpaired) electrons. The fourth-order valence-electron chi connectivity index (χ4n) is 3.13. The highest BCUT2D eigenvalue weighted by atomic mass is 35.5. The number of thiophene rings is 1. The number of aromatic nitrogens is 1. The van der Waals surface area contributed by atoms with Crippen LogP contribution in [-0.4, -0.2) is 29.9 Å². The molecule has 0 aliphatic heterocycles. The first-order chi connectivity index (χ1) is 14.5. The number of likely N-dealkylation sites (N-methyl/N-ethyl adjacent to an activating group) is 1. The first-order valence-electron chi connectivity index (χ1n) is 9.24. The van der Waals surface area contributed by atoms with Crippen LogP contribution < -0.4 is 10.6 Å². The van der Waals surface area contributed by atoms with Crippen molar-refractivity contribution in [3.63, 3.8) is 0 Å². The van der Waals surface area contributed by atoms with Gasteiger partial charge in [0, 0.05) is 34.1 Å². The van der Waals surface area contributed by atoms with Crippen LogP contribution in [0, 0.1) is 0 Å². The van der Waals surface area contributed by atoms with Crippen molar-refractivity contribution in [2.45, 2.75) is 12.5 Å². The Kier molecular flexibility index (Phi) is 6.13. The van der Waals surface area contributed by atoms with Crippen molar-refractivity contribution in [2.24, 2.45) is 0 Å². The van der Waals surface area contributed by atoms with Crippen molar-refractivity contribution in [3.05, 3.63) is 75.6 Å². The Bertz CT molecular complexity index is 1200. The summed E-state index contributed by atoms with van der Waals surface area (Å²) in [5.74, 6) is -0.619. The fourth-order valence-corrected chi connectivity index (χ4v) is 5.04. The van der Waals surface area contributed by atoms with Crippen molar-refractivity contribution in [3.8, 4) is 10.6 Å². The van der Waals surface area contributed by atoms with Gasteiger partial charge < -0.3 is 10.6 Å². The second-order valence-corrected chi connectivity index (χ2v) is 8.85. The van der Waals surface area contributed by atoms with E-state index in [2.05, 4.69) is 15.6 Å². The van der Waals surface area contributed by atoms with E-state index in [1.54, 1.807) is 35.9 Å². The van der Waals surface area contributed by atoms with Crippen molar-refractivity contribution in [2.75, 3.05) is 7.05 Å². The van der Waals surface area contributed by atoms with E-state index < -0.39 is 6.04 Å². The van der Waals surface area contributed by atoms with E-state index in [1.165, 1.54) is 11.3 Å². The molecule has 4 rings (SSSR count). The maximum Gasteiger partial charge on any atom is 0.271 e. The standard InChI is InChI=1S/C22H18ClN3O2S2/c1-24-20(27)17(10-14-11-29-19-5-3-2-4-16(14)19)25-21(28)18-12-30-22(26-18)13-6-8-15(23)9-7-13/h2-9,11-12,17H,10H2,1H3,(H,24,27)(H,25,28). The highest BCUT2D eigenvalue weighted by molar-refractivity contribution is 7.17. The monoisotopic (exact) mass is 455 g/mol. The number of nitrogens with one attached hydrogen (secondary N) is 2. The maximum atomic E-state index is 12.8. The number of nitrogens with zero attached hydrogens (tertiary/aromatic N) is 1. The van der Waals surface area contributed by atoms with E-state index in [0.29, 0.717) is 11.4 Å². The molecule has 0 saturated heterocycles. The van der Waals surface area contributed by atoms with E-state index in [9.17, 15) is 9.59 Å². The number of amides is 2. The van der Waals surface area contributed by atoms with Crippen molar-refractivity contribution in [1.29, 1.82) is 0 Å². The molecule has 2 aromatic carbocycles. The molecule has 0 fully saturated rings. The van der Waals surface area contributed by atoms with Gasteiger partial charge in [-0.1, -0.05) is 41.9 Å². The Labute approximate surface area is 186 Å². The quantitative estimate of drug-likeness (QED) is 0.440. The minimum absolute atomic E-state index is 0.244. The molecule has 5 nitrogen and oxygen atoms in total. The maximum absolute atomic E-state index is 12.8. The molecule has 0 aliphatic carbocycles. The zero-order valence-corrected chi connectivity index (χ0v) is 18.4. The van der Waals surface area contributed by atoms with Gasteiger partial charge in [0.25, 0.3) is 5.91 Å². The van der Waals surface area contributed by atoms with Crippen LogP contribution >= 0.6 is 34.3 Å². The number of halogens is 1. The summed E-state index contributed by atoms with van der Waals surface area (Å²) in [5, 5.41) is 11.7. The third-order valence-electron chi connectivity index (χ3n) is 4.68. The van der Waals surface area contributed by atoms with Crippen LogP contribution in [0.1, 0.15) is 16.1 Å². The van der Waals surface area contributed by atoms with Crippen LogP contribution in [0.2, 0.25) is 5.02 Å². The number of fused-ring (bicyclic) bond motifs is 1. The largest absolute Gasteiger partial charge is 0.357 e. The molecule has 2 aromatic heterocycles. The predicted molar refractivity (Wildman–Crippen MR) is 123 cm³/mol. The van der Waals surface area contributed by atoms with Crippen LogP contribution in [0.15, 0.2) is 59.3 Å². The Morgan fingerprint density at radius 2 is 1.83 bits per heavy atom. The normalized spacial score (nSPS) is 11.9. The Morgan fingerprint density at radius 3 is 2.60 bits per heavy atom. The van der Waals surface area contributed by atoms with E-state index in [-0.39, 0.29) is 17.5 Å². The van der Waals surface area contributed by atoms with Gasteiger partial charge in [-0.3, -0.25) is 9.59 Å². The molecule has 0 spiro atoms. The summed E-state index contributed by atoms with van der Waals surface area (Å²) in [6.45, 7) is 0. The first kappa shape index (κ1) is 20.5. The minimum atomic E-state index is -0.693. The average molecular weight is 456 g/mol. The number of thiazole rings is 1. The minimum Gasteiger partial charge on any atom is -0.357 e. The summed E-state index contributed by atoms with van der Waals surface area (Å²) in [5.41, 5.74) is 2.20. The zero-order chi connectivity index (χ0) is 21.1. The molecule has 1 unspecified atom stereocenters. The summed E-state index contributed by atoms with van der Waals surface area (Å²) in [4.78, 5) is 29.7. The number of benzene rings is 2. The molecule has 1 atom stereocenters. The molecule has 30 heavy (non-hydrogen) atoms. The van der Waals surface area contributed by atoms with Crippen LogP contribution in [0.3, 0.4) is 0 Å². The lowest BCUT2D eigenvalue weighted by atomic mass is 10.0. The average Bonchev–Trinajstić information content (AvgIpc) is 3.41. The van der Waals surface area contributed by atoms with Crippen LogP contribution in [-0.2, 0) is 11.2 Å². The summed E-state index contributed by atoms with van der Waals surface area (Å²) < 4.78 is 1.15. The lowest BCUT2D eigenvalue weighted by molar-refractivity contribution is -0.122. The predicted octanol–water partition coefficient (Wildman–Crippen LogP) is 4.77. The molecule has 2 N–H and O–H groups in total. The molecule has 0 saturated carbocycles. The van der Waals surface area contributed by atoms with Crippen LogP contribution in [0.25, 0.3) is 20.7 Å². The summed E-state index contributed by atoms with van der Waals surface area (Å²) in [6.07, 6.45) is 0.406.